The maximum atomic E-state index is 11.8. The zero-order valence-corrected chi connectivity index (χ0v) is 13.3. The summed E-state index contributed by atoms with van der Waals surface area (Å²) in [6.07, 6.45) is 4.65. The first-order valence-corrected chi connectivity index (χ1v) is 7.93. The summed E-state index contributed by atoms with van der Waals surface area (Å²) in [5.41, 5.74) is 2.71. The first-order chi connectivity index (χ1) is 10.2. The Morgan fingerprint density at radius 3 is 2.90 bits per heavy atom. The van der Waals surface area contributed by atoms with Crippen LogP contribution in [0, 0.1) is 0 Å². The molecule has 0 atom stereocenters. The van der Waals surface area contributed by atoms with Crippen LogP contribution < -0.4 is 10.2 Å². The molecule has 0 radical (unpaired) electrons. The average Bonchev–Trinajstić information content (AvgIpc) is 3.13. The van der Waals surface area contributed by atoms with E-state index >= 15 is 0 Å². The number of rotatable bonds is 5. The van der Waals surface area contributed by atoms with Crippen LogP contribution in [0.15, 0.2) is 47.2 Å². The number of benzene rings is 1. The van der Waals surface area contributed by atoms with Crippen LogP contribution in [-0.2, 0) is 6.42 Å². The van der Waals surface area contributed by atoms with E-state index in [0.29, 0.717) is 6.54 Å². The topological polar surface area (TPSA) is 37.3 Å². The Hall–Kier alpha value is -1.59. The number of hydrogen-bond donors (Lipinski definition) is 1. The second kappa shape index (κ2) is 6.45. The first kappa shape index (κ1) is 14.4. The normalized spacial score (nSPS) is 13.5. The van der Waals surface area contributed by atoms with Crippen LogP contribution in [-0.4, -0.2) is 36.7 Å². The van der Waals surface area contributed by atoms with Crippen molar-refractivity contribution < 1.29 is 4.79 Å². The highest BCUT2D eigenvalue weighted by atomic mass is 79.9. The lowest BCUT2D eigenvalue weighted by molar-refractivity contribution is 0.0913. The number of carbonyl (C=O) groups is 1. The minimum absolute atomic E-state index is 0.0748. The molecule has 5 heteroatoms. The van der Waals surface area contributed by atoms with E-state index < -0.39 is 0 Å². The average molecular weight is 348 g/mol. The Bertz CT molecular complexity index is 624. The summed E-state index contributed by atoms with van der Waals surface area (Å²) >= 11 is 3.51. The van der Waals surface area contributed by atoms with Crippen molar-refractivity contribution >= 4 is 27.5 Å². The fourth-order valence-corrected chi connectivity index (χ4v) is 3.08. The molecule has 1 aliphatic rings. The molecular formula is C16H18BrN3O. The quantitative estimate of drug-likeness (QED) is 0.844. The zero-order valence-electron chi connectivity index (χ0n) is 11.8. The monoisotopic (exact) mass is 347 g/mol. The van der Waals surface area contributed by atoms with Gasteiger partial charge in [0.1, 0.15) is 0 Å². The van der Waals surface area contributed by atoms with Crippen molar-refractivity contribution in [2.75, 3.05) is 31.1 Å². The molecule has 1 N–H and O–H groups in total. The van der Waals surface area contributed by atoms with Gasteiger partial charge in [-0.2, -0.15) is 0 Å². The van der Waals surface area contributed by atoms with E-state index in [1.807, 2.05) is 12.1 Å². The van der Waals surface area contributed by atoms with E-state index in [1.54, 1.807) is 17.0 Å². The van der Waals surface area contributed by atoms with E-state index in [2.05, 4.69) is 44.3 Å². The van der Waals surface area contributed by atoms with Crippen molar-refractivity contribution in [2.45, 2.75) is 6.42 Å². The second-order valence-corrected chi connectivity index (χ2v) is 6.09. The molecular weight excluding hydrogens is 330 g/mol. The number of halogens is 1. The Labute approximate surface area is 132 Å². The predicted molar refractivity (Wildman–Crippen MR) is 88.0 cm³/mol. The zero-order chi connectivity index (χ0) is 14.7. The van der Waals surface area contributed by atoms with E-state index in [4.69, 9.17) is 0 Å². The molecule has 0 fully saturated rings. The standard InChI is InChI=1S/C16H18BrN3O/c17-14-3-4-15-13(11-14)5-9-19(15)10-6-18-12-16(21)20-7-1-2-8-20/h1-4,7-8,11,18H,5-6,9-10,12H2. The molecule has 0 bridgehead atoms. The van der Waals surface area contributed by atoms with Crippen LogP contribution in [0.3, 0.4) is 0 Å². The summed E-state index contributed by atoms with van der Waals surface area (Å²) in [7, 11) is 0. The Balaban J connectivity index is 1.46. The molecule has 110 valence electrons. The lowest BCUT2D eigenvalue weighted by atomic mass is 10.2. The molecule has 0 saturated heterocycles. The van der Waals surface area contributed by atoms with Gasteiger partial charge in [0.25, 0.3) is 0 Å². The van der Waals surface area contributed by atoms with Crippen molar-refractivity contribution in [1.82, 2.24) is 9.88 Å². The predicted octanol–water partition coefficient (Wildman–Crippen LogP) is 2.54. The van der Waals surface area contributed by atoms with Crippen LogP contribution >= 0.6 is 15.9 Å². The van der Waals surface area contributed by atoms with Gasteiger partial charge >= 0.3 is 0 Å². The molecule has 21 heavy (non-hydrogen) atoms. The molecule has 0 amide bonds. The van der Waals surface area contributed by atoms with E-state index in [0.717, 1.165) is 30.5 Å². The lowest BCUT2D eigenvalue weighted by Gasteiger charge is -2.19. The third kappa shape index (κ3) is 3.36. The molecule has 2 aromatic rings. The third-order valence-corrected chi connectivity index (χ3v) is 4.25. The molecule has 0 aliphatic carbocycles. The van der Waals surface area contributed by atoms with Crippen molar-refractivity contribution in [3.63, 3.8) is 0 Å². The number of nitrogens with zero attached hydrogens (tertiary/aromatic N) is 2. The number of carbonyl (C=O) groups excluding carboxylic acids is 1. The molecule has 2 heterocycles. The highest BCUT2D eigenvalue weighted by molar-refractivity contribution is 9.10. The maximum absolute atomic E-state index is 11.8. The van der Waals surface area contributed by atoms with Crippen molar-refractivity contribution in [3.8, 4) is 0 Å². The van der Waals surface area contributed by atoms with Gasteiger partial charge in [0.15, 0.2) is 0 Å². The molecule has 1 aliphatic heterocycles. The molecule has 3 rings (SSSR count). The molecule has 4 nitrogen and oxygen atoms in total. The van der Waals surface area contributed by atoms with E-state index in [9.17, 15) is 4.79 Å². The highest BCUT2D eigenvalue weighted by Gasteiger charge is 2.18. The summed E-state index contributed by atoms with van der Waals surface area (Å²) < 4.78 is 2.74. The van der Waals surface area contributed by atoms with E-state index in [-0.39, 0.29) is 5.91 Å². The number of anilines is 1. The fourth-order valence-electron chi connectivity index (χ4n) is 2.67. The van der Waals surface area contributed by atoms with E-state index in [1.165, 1.54) is 11.3 Å². The van der Waals surface area contributed by atoms with Gasteiger partial charge in [0.2, 0.25) is 5.91 Å². The third-order valence-electron chi connectivity index (χ3n) is 3.76. The Kier molecular flexibility index (Phi) is 4.41. The Morgan fingerprint density at radius 2 is 2.10 bits per heavy atom. The molecule has 0 unspecified atom stereocenters. The summed E-state index contributed by atoms with van der Waals surface area (Å²) in [5.74, 6) is 0.0748. The molecule has 1 aromatic carbocycles. The van der Waals surface area contributed by atoms with Crippen LogP contribution in [0.25, 0.3) is 0 Å². The van der Waals surface area contributed by atoms with Gasteiger partial charge in [0, 0.05) is 42.2 Å². The highest BCUT2D eigenvalue weighted by Crippen LogP contribution is 2.29. The molecule has 1 aromatic heterocycles. The van der Waals surface area contributed by atoms with Gasteiger partial charge in [-0.1, -0.05) is 15.9 Å². The maximum Gasteiger partial charge on any atom is 0.244 e. The van der Waals surface area contributed by atoms with Gasteiger partial charge in [-0.25, -0.2) is 0 Å². The summed E-state index contributed by atoms with van der Waals surface area (Å²) in [5, 5.41) is 3.22. The van der Waals surface area contributed by atoms with Crippen LogP contribution in [0.4, 0.5) is 5.69 Å². The second-order valence-electron chi connectivity index (χ2n) is 5.17. The number of nitrogens with one attached hydrogen (secondary N) is 1. The SMILES string of the molecule is O=C(CNCCN1CCc2cc(Br)ccc21)n1cccc1. The summed E-state index contributed by atoms with van der Waals surface area (Å²) in [6.45, 7) is 3.16. The van der Waals surface area contributed by atoms with Crippen molar-refractivity contribution in [2.24, 2.45) is 0 Å². The van der Waals surface area contributed by atoms with Gasteiger partial charge in [0.05, 0.1) is 6.54 Å². The van der Waals surface area contributed by atoms with Crippen LogP contribution in [0.5, 0.6) is 0 Å². The minimum atomic E-state index is 0.0748. The number of fused-ring (bicyclic) bond motifs is 1. The van der Waals surface area contributed by atoms with Crippen LogP contribution in [0.2, 0.25) is 0 Å². The molecule has 0 spiro atoms. The van der Waals surface area contributed by atoms with Gasteiger partial charge in [-0.15, -0.1) is 0 Å². The smallest absolute Gasteiger partial charge is 0.244 e. The summed E-state index contributed by atoms with van der Waals surface area (Å²) in [6, 6.07) is 10.2. The summed E-state index contributed by atoms with van der Waals surface area (Å²) in [4.78, 5) is 14.2. The first-order valence-electron chi connectivity index (χ1n) is 7.14. The van der Waals surface area contributed by atoms with Gasteiger partial charge in [-0.05, 0) is 42.3 Å². The lowest BCUT2D eigenvalue weighted by Crippen LogP contribution is -2.34. The van der Waals surface area contributed by atoms with Crippen LogP contribution in [0.1, 0.15) is 10.4 Å². The van der Waals surface area contributed by atoms with Crippen molar-refractivity contribution in [1.29, 1.82) is 0 Å². The fraction of sp³-hybridized carbons (Fsp3) is 0.312. The minimum Gasteiger partial charge on any atom is -0.370 e. The number of hydrogen-bond acceptors (Lipinski definition) is 3. The van der Waals surface area contributed by atoms with Gasteiger partial charge < -0.3 is 10.2 Å². The van der Waals surface area contributed by atoms with Gasteiger partial charge in [-0.3, -0.25) is 9.36 Å². The van der Waals surface area contributed by atoms with Crippen molar-refractivity contribution in [3.05, 3.63) is 52.8 Å². The molecule has 0 saturated carbocycles. The largest absolute Gasteiger partial charge is 0.370 e. The number of aromatic nitrogens is 1. The Morgan fingerprint density at radius 1 is 1.29 bits per heavy atom.